The van der Waals surface area contributed by atoms with E-state index in [0.717, 1.165) is 0 Å². The van der Waals surface area contributed by atoms with Crippen LogP contribution in [0.2, 0.25) is 5.02 Å². The highest BCUT2D eigenvalue weighted by Crippen LogP contribution is 2.35. The first-order valence-corrected chi connectivity index (χ1v) is 5.32. The molecule has 0 amide bonds. The highest BCUT2D eigenvalue weighted by atomic mass is 35.5. The molecule has 1 aromatic carbocycles. The number of Topliss-reactive ketones (excluding diaryl/α,β-unsaturated/α-hetero) is 1. The molecule has 0 radical (unpaired) electrons. The molecule has 0 spiro atoms. The number of carbonyl (C=O) groups excluding carboxylic acids is 1. The summed E-state index contributed by atoms with van der Waals surface area (Å²) in [7, 11) is 0. The Labute approximate surface area is 103 Å². The fourth-order valence-electron chi connectivity index (χ4n) is 1.80. The van der Waals surface area contributed by atoms with Gasteiger partial charge in [0, 0.05) is 7.76 Å². The lowest BCUT2D eigenvalue weighted by molar-refractivity contribution is -0.136. The van der Waals surface area contributed by atoms with E-state index in [1.165, 1.54) is 12.1 Å². The zero-order valence-electron chi connectivity index (χ0n) is 11.5. The minimum atomic E-state index is -2.39. The van der Waals surface area contributed by atoms with E-state index in [2.05, 4.69) is 0 Å². The van der Waals surface area contributed by atoms with Gasteiger partial charge < -0.3 is 10.8 Å². The average Bonchev–Trinajstić information content (AvgIpc) is 2.34. The Kier molecular flexibility index (Phi) is 2.14. The van der Waals surface area contributed by atoms with Crippen LogP contribution in [0.15, 0.2) is 24.3 Å². The molecule has 2 atom stereocenters. The Morgan fingerprint density at radius 1 is 1.62 bits per heavy atom. The van der Waals surface area contributed by atoms with Gasteiger partial charge in [-0.05, 0) is 30.8 Å². The predicted molar refractivity (Wildman–Crippen MR) is 62.2 cm³/mol. The van der Waals surface area contributed by atoms with Crippen molar-refractivity contribution in [1.82, 2.24) is 0 Å². The van der Waals surface area contributed by atoms with E-state index in [1.807, 2.05) is 0 Å². The molecule has 1 aliphatic carbocycles. The van der Waals surface area contributed by atoms with Crippen LogP contribution in [-0.4, -0.2) is 17.0 Å². The molecule has 0 aromatic heterocycles. The molecule has 3 N–H and O–H groups in total. The van der Waals surface area contributed by atoms with Gasteiger partial charge in [-0.3, -0.25) is 4.79 Å². The number of nitrogens with two attached hydrogens (primary N) is 1. The second-order valence-corrected chi connectivity index (χ2v) is 4.15. The number of benzene rings is 1. The Hall–Kier alpha value is -0.900. The van der Waals surface area contributed by atoms with Gasteiger partial charge in [-0.15, -0.1) is 0 Å². The quantitative estimate of drug-likeness (QED) is 0.787. The first-order chi connectivity index (χ1) is 8.63. The molecule has 1 saturated carbocycles. The smallest absolute Gasteiger partial charge is 0.185 e. The second-order valence-electron chi connectivity index (χ2n) is 3.74. The van der Waals surface area contributed by atoms with Crippen molar-refractivity contribution in [3.05, 3.63) is 34.9 Å². The van der Waals surface area contributed by atoms with Crippen LogP contribution < -0.4 is 5.73 Å². The standard InChI is InChI=1S/C12H14ClNO2/c13-9-5-2-1-4-8(9)12(14)7-3-6-10(15)11(12)16/h1-2,4-5,10,15H,3,6-7,14H2/i7D2,10D. The number of hydrogen-bond donors (Lipinski definition) is 2. The molecular formula is C12H14ClNO2. The first-order valence-electron chi connectivity index (χ1n) is 6.44. The van der Waals surface area contributed by atoms with Crippen molar-refractivity contribution in [2.45, 2.75) is 30.8 Å². The monoisotopic (exact) mass is 242 g/mol. The molecule has 4 heteroatoms. The Bertz CT molecular complexity index is 535. The van der Waals surface area contributed by atoms with E-state index < -0.39 is 23.8 Å². The van der Waals surface area contributed by atoms with Gasteiger partial charge in [0.1, 0.15) is 11.6 Å². The highest BCUT2D eigenvalue weighted by Gasteiger charge is 2.43. The summed E-state index contributed by atoms with van der Waals surface area (Å²) in [5.41, 5.74) is 3.96. The van der Waals surface area contributed by atoms with E-state index in [1.54, 1.807) is 12.1 Å². The Balaban J connectivity index is 2.66. The summed E-state index contributed by atoms with van der Waals surface area (Å²) >= 11 is 5.99. The van der Waals surface area contributed by atoms with E-state index >= 15 is 0 Å². The van der Waals surface area contributed by atoms with Gasteiger partial charge in [-0.2, -0.15) is 0 Å². The van der Waals surface area contributed by atoms with E-state index in [-0.39, 0.29) is 23.4 Å². The zero-order chi connectivity index (χ0) is 14.5. The molecular weight excluding hydrogens is 226 g/mol. The molecule has 2 rings (SSSR count). The molecule has 2 unspecified atom stereocenters. The number of aliphatic hydroxyl groups is 1. The van der Waals surface area contributed by atoms with Crippen LogP contribution in [0.25, 0.3) is 0 Å². The zero-order valence-corrected chi connectivity index (χ0v) is 9.29. The number of rotatable bonds is 1. The van der Waals surface area contributed by atoms with Crippen LogP contribution in [0.1, 0.15) is 28.9 Å². The fraction of sp³-hybridized carbons (Fsp3) is 0.417. The maximum atomic E-state index is 12.3. The third-order valence-corrected chi connectivity index (χ3v) is 3.01. The van der Waals surface area contributed by atoms with Crippen LogP contribution in [0.5, 0.6) is 0 Å². The molecule has 1 aromatic rings. The molecule has 0 bridgehead atoms. The molecule has 16 heavy (non-hydrogen) atoms. The van der Waals surface area contributed by atoms with Gasteiger partial charge in [0.2, 0.25) is 0 Å². The lowest BCUT2D eigenvalue weighted by Gasteiger charge is -2.35. The number of ketones is 1. The number of hydrogen-bond acceptors (Lipinski definition) is 3. The van der Waals surface area contributed by atoms with Gasteiger partial charge in [-0.1, -0.05) is 29.8 Å². The normalized spacial score (nSPS) is 40.9. The molecule has 1 fully saturated rings. The van der Waals surface area contributed by atoms with Crippen molar-refractivity contribution in [1.29, 1.82) is 0 Å². The molecule has 0 heterocycles. The van der Waals surface area contributed by atoms with Crippen LogP contribution in [0.3, 0.4) is 0 Å². The summed E-state index contributed by atoms with van der Waals surface area (Å²) in [5, 5.41) is 9.93. The van der Waals surface area contributed by atoms with Gasteiger partial charge in [0.25, 0.3) is 0 Å². The van der Waals surface area contributed by atoms with Crippen molar-refractivity contribution < 1.29 is 14.0 Å². The van der Waals surface area contributed by atoms with Crippen molar-refractivity contribution in [3.63, 3.8) is 0 Å². The maximum absolute atomic E-state index is 12.3. The summed E-state index contributed by atoms with van der Waals surface area (Å²) in [6.07, 6.45) is -4.95. The topological polar surface area (TPSA) is 63.3 Å². The number of carbonyl (C=O) groups is 1. The Morgan fingerprint density at radius 2 is 2.31 bits per heavy atom. The lowest BCUT2D eigenvalue weighted by Crippen LogP contribution is -2.52. The third-order valence-electron chi connectivity index (χ3n) is 2.68. The van der Waals surface area contributed by atoms with Crippen molar-refractivity contribution in [3.8, 4) is 0 Å². The van der Waals surface area contributed by atoms with Gasteiger partial charge >= 0.3 is 0 Å². The summed E-state index contributed by atoms with van der Waals surface area (Å²) in [5.74, 6) is -1.07. The lowest BCUT2D eigenvalue weighted by atomic mass is 9.75. The summed E-state index contributed by atoms with van der Waals surface area (Å²) in [6.45, 7) is 0. The van der Waals surface area contributed by atoms with Crippen molar-refractivity contribution >= 4 is 17.4 Å². The Morgan fingerprint density at radius 3 is 3.00 bits per heavy atom. The summed E-state index contributed by atoms with van der Waals surface area (Å²) in [4.78, 5) is 12.3. The number of halogens is 1. The molecule has 1 aliphatic rings. The predicted octanol–water partition coefficient (Wildman–Crippen LogP) is 1.61. The second kappa shape index (κ2) is 4.17. The SMILES string of the molecule is [2H]C1(O)CCC([2H])([2H])C(N)(c2ccccc2Cl)C1=O. The summed E-state index contributed by atoms with van der Waals surface area (Å²) < 4.78 is 23.6. The molecule has 0 aliphatic heterocycles. The van der Waals surface area contributed by atoms with Gasteiger partial charge in [0.05, 0.1) is 1.37 Å². The highest BCUT2D eigenvalue weighted by molar-refractivity contribution is 6.31. The van der Waals surface area contributed by atoms with E-state index in [4.69, 9.17) is 21.4 Å². The molecule has 86 valence electrons. The van der Waals surface area contributed by atoms with Crippen LogP contribution in [0.4, 0.5) is 0 Å². The molecule has 0 saturated heterocycles. The third kappa shape index (κ3) is 1.75. The van der Waals surface area contributed by atoms with Gasteiger partial charge in [0.15, 0.2) is 5.78 Å². The minimum absolute atomic E-state index is 0.0945. The van der Waals surface area contributed by atoms with Crippen LogP contribution in [0, 0.1) is 0 Å². The van der Waals surface area contributed by atoms with Crippen LogP contribution >= 0.6 is 11.6 Å². The maximum Gasteiger partial charge on any atom is 0.185 e. The minimum Gasteiger partial charge on any atom is -0.385 e. The van der Waals surface area contributed by atoms with E-state index in [9.17, 15) is 9.90 Å². The van der Waals surface area contributed by atoms with Gasteiger partial charge in [-0.25, -0.2) is 0 Å². The van der Waals surface area contributed by atoms with E-state index in [0.29, 0.717) is 0 Å². The molecule has 3 nitrogen and oxygen atoms in total. The van der Waals surface area contributed by atoms with Crippen molar-refractivity contribution in [2.75, 3.05) is 0 Å². The fourth-order valence-corrected chi connectivity index (χ4v) is 2.08. The first kappa shape index (κ1) is 8.23. The average molecular weight is 243 g/mol. The van der Waals surface area contributed by atoms with Crippen molar-refractivity contribution in [2.24, 2.45) is 5.73 Å². The largest absolute Gasteiger partial charge is 0.385 e. The summed E-state index contributed by atoms with van der Waals surface area (Å²) in [6, 6.07) is 6.15. The van der Waals surface area contributed by atoms with Crippen LogP contribution in [-0.2, 0) is 10.3 Å².